The van der Waals surface area contributed by atoms with Gasteiger partial charge in [-0.3, -0.25) is 5.41 Å². The maximum absolute atomic E-state index is 7.11. The van der Waals surface area contributed by atoms with E-state index in [9.17, 15) is 0 Å². The van der Waals surface area contributed by atoms with Crippen molar-refractivity contribution in [1.82, 2.24) is 0 Å². The second-order valence-electron chi connectivity index (χ2n) is 4.92. The molecule has 0 saturated heterocycles. The van der Waals surface area contributed by atoms with Gasteiger partial charge in [0.1, 0.15) is 0 Å². The highest BCUT2D eigenvalue weighted by Gasteiger charge is 2.20. The molecule has 0 aromatic heterocycles. The number of amidine groups is 1. The molecule has 0 bridgehead atoms. The first-order valence-corrected chi connectivity index (χ1v) is 6.66. The van der Waals surface area contributed by atoms with Crippen LogP contribution in [0.1, 0.15) is 58.3 Å². The normalized spacial score (nSPS) is 25.6. The van der Waals surface area contributed by atoms with Gasteiger partial charge >= 0.3 is 0 Å². The molecule has 16 heavy (non-hydrogen) atoms. The zero-order valence-corrected chi connectivity index (χ0v) is 10.5. The summed E-state index contributed by atoms with van der Waals surface area (Å²) in [5.41, 5.74) is 5.30. The largest absolute Gasteiger partial charge is 0.388 e. The number of hydrogen-bond acceptors (Lipinski definition) is 2. The first-order chi connectivity index (χ1) is 7.72. The Balaban J connectivity index is 2.01. The van der Waals surface area contributed by atoms with E-state index >= 15 is 0 Å². The standard InChI is InChI=1S/C13H26N2O/c1-2-11-6-5-7-12(10-11)16-9-4-3-8-13(14)15/h11-12H,2-10H2,1H3,(H3,14,15). The number of rotatable bonds is 7. The van der Waals surface area contributed by atoms with Gasteiger partial charge in [0.05, 0.1) is 11.9 Å². The van der Waals surface area contributed by atoms with Crippen molar-refractivity contribution in [3.05, 3.63) is 0 Å². The van der Waals surface area contributed by atoms with Crippen LogP contribution in [-0.2, 0) is 4.74 Å². The van der Waals surface area contributed by atoms with Crippen LogP contribution in [0.4, 0.5) is 0 Å². The van der Waals surface area contributed by atoms with Crippen molar-refractivity contribution >= 4 is 5.84 Å². The first kappa shape index (κ1) is 13.5. The van der Waals surface area contributed by atoms with Crippen molar-refractivity contribution in [2.75, 3.05) is 6.61 Å². The fourth-order valence-corrected chi connectivity index (χ4v) is 2.43. The minimum absolute atomic E-state index is 0.295. The molecule has 1 rings (SSSR count). The molecule has 0 heterocycles. The fraction of sp³-hybridized carbons (Fsp3) is 0.923. The van der Waals surface area contributed by atoms with E-state index in [1.54, 1.807) is 0 Å². The van der Waals surface area contributed by atoms with Crippen LogP contribution < -0.4 is 5.73 Å². The van der Waals surface area contributed by atoms with Gasteiger partial charge in [-0.25, -0.2) is 0 Å². The van der Waals surface area contributed by atoms with E-state index in [1.165, 1.54) is 32.1 Å². The van der Waals surface area contributed by atoms with Crippen LogP contribution in [0.2, 0.25) is 0 Å². The molecule has 1 fully saturated rings. The Bertz CT molecular complexity index is 206. The third-order valence-electron chi connectivity index (χ3n) is 3.51. The monoisotopic (exact) mass is 226 g/mol. The lowest BCUT2D eigenvalue weighted by atomic mass is 9.85. The van der Waals surface area contributed by atoms with Crippen LogP contribution in [0.15, 0.2) is 0 Å². The van der Waals surface area contributed by atoms with Crippen molar-refractivity contribution in [2.24, 2.45) is 11.7 Å². The average molecular weight is 226 g/mol. The van der Waals surface area contributed by atoms with Gasteiger partial charge in [-0.1, -0.05) is 26.2 Å². The van der Waals surface area contributed by atoms with Gasteiger partial charge in [0.25, 0.3) is 0 Å². The van der Waals surface area contributed by atoms with Gasteiger partial charge in [0.2, 0.25) is 0 Å². The lowest BCUT2D eigenvalue weighted by molar-refractivity contribution is 0.0110. The summed E-state index contributed by atoms with van der Waals surface area (Å²) in [6, 6.07) is 0. The van der Waals surface area contributed by atoms with Crippen LogP contribution in [0.3, 0.4) is 0 Å². The molecule has 2 atom stereocenters. The van der Waals surface area contributed by atoms with E-state index in [4.69, 9.17) is 15.9 Å². The molecule has 3 heteroatoms. The molecule has 0 aromatic carbocycles. The zero-order chi connectivity index (χ0) is 11.8. The lowest BCUT2D eigenvalue weighted by Gasteiger charge is -2.28. The van der Waals surface area contributed by atoms with Crippen molar-refractivity contribution in [2.45, 2.75) is 64.4 Å². The molecular formula is C13H26N2O. The molecule has 1 aliphatic carbocycles. The quantitative estimate of drug-likeness (QED) is 0.398. The topological polar surface area (TPSA) is 59.1 Å². The molecule has 3 N–H and O–H groups in total. The zero-order valence-electron chi connectivity index (χ0n) is 10.5. The molecule has 94 valence electrons. The number of ether oxygens (including phenoxy) is 1. The molecule has 0 radical (unpaired) electrons. The maximum atomic E-state index is 7.11. The van der Waals surface area contributed by atoms with E-state index in [2.05, 4.69) is 6.92 Å². The highest BCUT2D eigenvalue weighted by Crippen LogP contribution is 2.28. The van der Waals surface area contributed by atoms with E-state index in [0.717, 1.165) is 25.4 Å². The van der Waals surface area contributed by atoms with Crippen molar-refractivity contribution in [3.63, 3.8) is 0 Å². The van der Waals surface area contributed by atoms with E-state index in [1.807, 2.05) is 0 Å². The summed E-state index contributed by atoms with van der Waals surface area (Å²) < 4.78 is 5.89. The Morgan fingerprint density at radius 1 is 1.38 bits per heavy atom. The Kier molecular flexibility index (Phi) is 6.46. The SMILES string of the molecule is CCC1CCCC(OCCCCC(=N)N)C1. The number of nitrogens with two attached hydrogens (primary N) is 1. The van der Waals surface area contributed by atoms with Crippen molar-refractivity contribution in [1.29, 1.82) is 5.41 Å². The molecule has 0 aromatic rings. The second-order valence-corrected chi connectivity index (χ2v) is 4.92. The minimum atomic E-state index is 0.295. The number of unbranched alkanes of at least 4 members (excludes halogenated alkanes) is 1. The highest BCUT2D eigenvalue weighted by molar-refractivity contribution is 5.76. The molecule has 1 aliphatic rings. The lowest BCUT2D eigenvalue weighted by Crippen LogP contribution is -2.23. The Hall–Kier alpha value is -0.570. The molecule has 0 aliphatic heterocycles. The number of nitrogens with one attached hydrogen (secondary N) is 1. The van der Waals surface area contributed by atoms with Gasteiger partial charge in [0.15, 0.2) is 0 Å². The fourth-order valence-electron chi connectivity index (χ4n) is 2.43. The summed E-state index contributed by atoms with van der Waals surface area (Å²) in [7, 11) is 0. The smallest absolute Gasteiger partial charge is 0.0905 e. The van der Waals surface area contributed by atoms with Gasteiger partial charge in [-0.05, 0) is 31.6 Å². The summed E-state index contributed by atoms with van der Waals surface area (Å²) in [6.07, 6.45) is 9.74. The predicted molar refractivity (Wildman–Crippen MR) is 67.8 cm³/mol. The Labute approximate surface area is 99.3 Å². The molecule has 2 unspecified atom stereocenters. The summed E-state index contributed by atoms with van der Waals surface area (Å²) >= 11 is 0. The summed E-state index contributed by atoms with van der Waals surface area (Å²) in [4.78, 5) is 0. The first-order valence-electron chi connectivity index (χ1n) is 6.66. The van der Waals surface area contributed by atoms with Crippen molar-refractivity contribution in [3.8, 4) is 0 Å². The van der Waals surface area contributed by atoms with Crippen LogP contribution in [-0.4, -0.2) is 18.5 Å². The van der Waals surface area contributed by atoms with Crippen LogP contribution in [0, 0.1) is 11.3 Å². The summed E-state index contributed by atoms with van der Waals surface area (Å²) in [5.74, 6) is 1.18. The maximum Gasteiger partial charge on any atom is 0.0905 e. The molecular weight excluding hydrogens is 200 g/mol. The van der Waals surface area contributed by atoms with E-state index < -0.39 is 0 Å². The van der Waals surface area contributed by atoms with Crippen LogP contribution in [0.5, 0.6) is 0 Å². The number of hydrogen-bond donors (Lipinski definition) is 2. The van der Waals surface area contributed by atoms with E-state index in [0.29, 0.717) is 18.4 Å². The third kappa shape index (κ3) is 5.50. The Morgan fingerprint density at radius 3 is 2.88 bits per heavy atom. The van der Waals surface area contributed by atoms with Gasteiger partial charge in [-0.15, -0.1) is 0 Å². The van der Waals surface area contributed by atoms with Crippen LogP contribution >= 0.6 is 0 Å². The minimum Gasteiger partial charge on any atom is -0.388 e. The van der Waals surface area contributed by atoms with Gasteiger partial charge in [-0.2, -0.15) is 0 Å². The highest BCUT2D eigenvalue weighted by atomic mass is 16.5. The van der Waals surface area contributed by atoms with E-state index in [-0.39, 0.29) is 0 Å². The van der Waals surface area contributed by atoms with Crippen molar-refractivity contribution < 1.29 is 4.74 Å². The predicted octanol–water partition coefficient (Wildman–Crippen LogP) is 3.08. The van der Waals surface area contributed by atoms with Gasteiger partial charge in [0, 0.05) is 13.0 Å². The third-order valence-corrected chi connectivity index (χ3v) is 3.51. The summed E-state index contributed by atoms with van der Waals surface area (Å²) in [6.45, 7) is 3.12. The van der Waals surface area contributed by atoms with Crippen LogP contribution in [0.25, 0.3) is 0 Å². The molecule has 0 amide bonds. The van der Waals surface area contributed by atoms with Gasteiger partial charge < -0.3 is 10.5 Å². The summed E-state index contributed by atoms with van der Waals surface area (Å²) in [5, 5.41) is 7.11. The molecule has 3 nitrogen and oxygen atoms in total. The second kappa shape index (κ2) is 7.66. The molecule has 1 saturated carbocycles. The Morgan fingerprint density at radius 2 is 2.19 bits per heavy atom. The molecule has 0 spiro atoms. The average Bonchev–Trinajstić information content (AvgIpc) is 2.28.